The van der Waals surface area contributed by atoms with E-state index < -0.39 is 0 Å². The lowest BCUT2D eigenvalue weighted by Gasteiger charge is -2.35. The molecule has 24 heavy (non-hydrogen) atoms. The van der Waals surface area contributed by atoms with E-state index in [2.05, 4.69) is 24.1 Å². The third-order valence-corrected chi connectivity index (χ3v) is 4.49. The predicted molar refractivity (Wildman–Crippen MR) is 95.0 cm³/mol. The molecule has 0 spiro atoms. The van der Waals surface area contributed by atoms with Crippen LogP contribution in [0.2, 0.25) is 0 Å². The van der Waals surface area contributed by atoms with Crippen LogP contribution in [0.3, 0.4) is 0 Å². The lowest BCUT2D eigenvalue weighted by Crippen LogP contribution is -2.46. The van der Waals surface area contributed by atoms with Gasteiger partial charge in [0.15, 0.2) is 5.82 Å². The van der Waals surface area contributed by atoms with Crippen molar-refractivity contribution in [2.75, 3.05) is 43.1 Å². The van der Waals surface area contributed by atoms with Crippen molar-refractivity contribution in [1.29, 1.82) is 0 Å². The standard InChI is InChI=1S/C16H23N5O2S/c1-12(2)23-15-6-4-5-14(18-15)20-7-9-21(10-8-20)16-17-13(11-22-3)19-24-16/h4-6,12H,7-11H2,1-3H3. The van der Waals surface area contributed by atoms with E-state index in [9.17, 15) is 0 Å². The zero-order valence-corrected chi connectivity index (χ0v) is 15.1. The molecule has 0 unspecified atom stereocenters. The maximum absolute atomic E-state index is 5.69. The summed E-state index contributed by atoms with van der Waals surface area (Å²) in [5, 5.41) is 0.964. The molecule has 2 aromatic heterocycles. The van der Waals surface area contributed by atoms with Crippen molar-refractivity contribution in [3.63, 3.8) is 0 Å². The molecule has 0 radical (unpaired) electrons. The largest absolute Gasteiger partial charge is 0.475 e. The molecule has 1 aliphatic rings. The summed E-state index contributed by atoms with van der Waals surface area (Å²) in [6.07, 6.45) is 0.128. The first-order valence-electron chi connectivity index (χ1n) is 8.11. The summed E-state index contributed by atoms with van der Waals surface area (Å²) < 4.78 is 15.1. The predicted octanol–water partition coefficient (Wildman–Crippen LogP) is 2.19. The lowest BCUT2D eigenvalue weighted by molar-refractivity contribution is 0.179. The van der Waals surface area contributed by atoms with Gasteiger partial charge in [-0.1, -0.05) is 6.07 Å². The van der Waals surface area contributed by atoms with Gasteiger partial charge in [0.1, 0.15) is 12.4 Å². The molecule has 0 aliphatic carbocycles. The Balaban J connectivity index is 1.60. The molecular formula is C16H23N5O2S. The summed E-state index contributed by atoms with van der Waals surface area (Å²) in [4.78, 5) is 13.7. The van der Waals surface area contributed by atoms with Gasteiger partial charge >= 0.3 is 0 Å². The molecule has 0 N–H and O–H groups in total. The lowest BCUT2D eigenvalue weighted by atomic mass is 10.3. The van der Waals surface area contributed by atoms with E-state index in [4.69, 9.17) is 9.47 Å². The number of hydrogen-bond donors (Lipinski definition) is 0. The van der Waals surface area contributed by atoms with Crippen molar-refractivity contribution in [3.8, 4) is 5.88 Å². The number of pyridine rings is 1. The summed E-state index contributed by atoms with van der Waals surface area (Å²) in [5.74, 6) is 2.39. The van der Waals surface area contributed by atoms with Gasteiger partial charge in [-0.2, -0.15) is 9.36 Å². The van der Waals surface area contributed by atoms with E-state index in [1.54, 1.807) is 7.11 Å². The Morgan fingerprint density at radius 3 is 2.58 bits per heavy atom. The van der Waals surface area contributed by atoms with Gasteiger partial charge in [-0.05, 0) is 19.9 Å². The van der Waals surface area contributed by atoms with Crippen molar-refractivity contribution in [2.24, 2.45) is 0 Å². The van der Waals surface area contributed by atoms with Crippen LogP contribution in [0.4, 0.5) is 10.9 Å². The fourth-order valence-corrected chi connectivity index (χ4v) is 3.30. The summed E-state index contributed by atoms with van der Waals surface area (Å²) in [6, 6.07) is 5.93. The van der Waals surface area contributed by atoms with Gasteiger partial charge in [0, 0.05) is 50.9 Å². The summed E-state index contributed by atoms with van der Waals surface area (Å²) >= 11 is 1.43. The van der Waals surface area contributed by atoms with Crippen molar-refractivity contribution in [1.82, 2.24) is 14.3 Å². The fraction of sp³-hybridized carbons (Fsp3) is 0.562. The number of hydrogen-bond acceptors (Lipinski definition) is 8. The number of nitrogens with zero attached hydrogens (tertiary/aromatic N) is 5. The van der Waals surface area contributed by atoms with Gasteiger partial charge in [0.25, 0.3) is 0 Å². The average Bonchev–Trinajstić information content (AvgIpc) is 3.04. The van der Waals surface area contributed by atoms with Crippen LogP contribution in [-0.4, -0.2) is 53.7 Å². The van der Waals surface area contributed by atoms with Crippen LogP contribution >= 0.6 is 11.5 Å². The molecule has 1 fully saturated rings. The molecule has 1 saturated heterocycles. The number of anilines is 2. The quantitative estimate of drug-likeness (QED) is 0.792. The monoisotopic (exact) mass is 349 g/mol. The number of rotatable bonds is 6. The zero-order chi connectivity index (χ0) is 16.9. The molecular weight excluding hydrogens is 326 g/mol. The fourth-order valence-electron chi connectivity index (χ4n) is 2.57. The third-order valence-electron chi connectivity index (χ3n) is 3.67. The van der Waals surface area contributed by atoms with Gasteiger partial charge in [-0.15, -0.1) is 0 Å². The Labute approximate surface area is 146 Å². The molecule has 0 atom stereocenters. The first-order valence-corrected chi connectivity index (χ1v) is 8.88. The van der Waals surface area contributed by atoms with E-state index in [1.165, 1.54) is 11.5 Å². The smallest absolute Gasteiger partial charge is 0.215 e. The Kier molecular flexibility index (Phi) is 5.47. The van der Waals surface area contributed by atoms with Gasteiger partial charge in [-0.3, -0.25) is 0 Å². The zero-order valence-electron chi connectivity index (χ0n) is 14.3. The number of aromatic nitrogens is 3. The first kappa shape index (κ1) is 16.9. The van der Waals surface area contributed by atoms with Gasteiger partial charge < -0.3 is 19.3 Å². The summed E-state index contributed by atoms with van der Waals surface area (Å²) in [5.41, 5.74) is 0. The van der Waals surface area contributed by atoms with Gasteiger partial charge in [-0.25, -0.2) is 4.98 Å². The van der Waals surface area contributed by atoms with Crippen LogP contribution in [-0.2, 0) is 11.3 Å². The van der Waals surface area contributed by atoms with Gasteiger partial charge in [0.05, 0.1) is 6.10 Å². The molecule has 3 heterocycles. The Morgan fingerprint density at radius 1 is 1.12 bits per heavy atom. The SMILES string of the molecule is COCc1nsc(N2CCN(c3cccc(OC(C)C)n3)CC2)n1. The second kappa shape index (κ2) is 7.76. The normalized spacial score (nSPS) is 15.2. The summed E-state index contributed by atoms with van der Waals surface area (Å²) in [7, 11) is 1.66. The number of methoxy groups -OCH3 is 1. The minimum Gasteiger partial charge on any atom is -0.475 e. The van der Waals surface area contributed by atoms with Crippen LogP contribution in [0.15, 0.2) is 18.2 Å². The van der Waals surface area contributed by atoms with E-state index >= 15 is 0 Å². The molecule has 0 saturated carbocycles. The van der Waals surface area contributed by atoms with E-state index in [1.807, 2.05) is 32.0 Å². The van der Waals surface area contributed by atoms with E-state index in [0.717, 1.165) is 43.0 Å². The van der Waals surface area contributed by atoms with Crippen molar-refractivity contribution in [2.45, 2.75) is 26.6 Å². The Hall–Kier alpha value is -1.93. The molecule has 0 aromatic carbocycles. The molecule has 0 bridgehead atoms. The van der Waals surface area contributed by atoms with Crippen LogP contribution in [0.5, 0.6) is 5.88 Å². The number of ether oxygens (including phenoxy) is 2. The van der Waals surface area contributed by atoms with Crippen LogP contribution in [0.25, 0.3) is 0 Å². The molecule has 3 rings (SSSR count). The second-order valence-corrected chi connectivity index (χ2v) is 6.63. The Morgan fingerprint density at radius 2 is 1.88 bits per heavy atom. The Bertz CT molecular complexity index is 655. The molecule has 2 aromatic rings. The highest BCUT2D eigenvalue weighted by atomic mass is 32.1. The maximum Gasteiger partial charge on any atom is 0.215 e. The topological polar surface area (TPSA) is 63.6 Å². The minimum atomic E-state index is 0.128. The van der Waals surface area contributed by atoms with Crippen LogP contribution in [0, 0.1) is 0 Å². The number of piperazine rings is 1. The maximum atomic E-state index is 5.69. The van der Waals surface area contributed by atoms with Crippen molar-refractivity contribution < 1.29 is 9.47 Å². The molecule has 7 nitrogen and oxygen atoms in total. The highest BCUT2D eigenvalue weighted by Gasteiger charge is 2.21. The van der Waals surface area contributed by atoms with Crippen molar-refractivity contribution >= 4 is 22.5 Å². The highest BCUT2D eigenvalue weighted by Crippen LogP contribution is 2.22. The minimum absolute atomic E-state index is 0.128. The van der Waals surface area contributed by atoms with Crippen LogP contribution < -0.4 is 14.5 Å². The average molecular weight is 349 g/mol. The first-order chi connectivity index (χ1) is 11.7. The van der Waals surface area contributed by atoms with Gasteiger partial charge in [0.2, 0.25) is 11.0 Å². The van der Waals surface area contributed by atoms with E-state index in [-0.39, 0.29) is 6.10 Å². The molecule has 1 aliphatic heterocycles. The molecule has 0 amide bonds. The second-order valence-electron chi connectivity index (χ2n) is 5.90. The summed E-state index contributed by atoms with van der Waals surface area (Å²) in [6.45, 7) is 8.08. The molecule has 130 valence electrons. The van der Waals surface area contributed by atoms with E-state index in [0.29, 0.717) is 12.5 Å². The third kappa shape index (κ3) is 4.12. The highest BCUT2D eigenvalue weighted by molar-refractivity contribution is 7.09. The van der Waals surface area contributed by atoms with Crippen LogP contribution in [0.1, 0.15) is 19.7 Å². The van der Waals surface area contributed by atoms with Crippen molar-refractivity contribution in [3.05, 3.63) is 24.0 Å². The molecule has 8 heteroatoms.